The first-order valence-corrected chi connectivity index (χ1v) is 5.46. The zero-order valence-corrected chi connectivity index (χ0v) is 15.2. The number of hydrogen-bond donors (Lipinski definition) is 0. The van der Waals surface area contributed by atoms with E-state index in [2.05, 4.69) is 0 Å². The molecule has 0 spiro atoms. The van der Waals surface area contributed by atoms with Gasteiger partial charge in [-0.3, -0.25) is 14.4 Å². The van der Waals surface area contributed by atoms with Crippen molar-refractivity contribution in [3.8, 4) is 0 Å². The van der Waals surface area contributed by atoms with Crippen LogP contribution in [0.2, 0.25) is 0 Å². The third kappa shape index (κ3) is 51.4. The van der Waals surface area contributed by atoms with Crippen LogP contribution in [0.1, 0.15) is 40.0 Å². The van der Waals surface area contributed by atoms with Crippen molar-refractivity contribution in [1.82, 2.24) is 0 Å². The number of ketones is 3. The first-order valence-electron chi connectivity index (χ1n) is 5.46. The molecule has 0 amide bonds. The molecule has 0 aliphatic rings. The predicted octanol–water partition coefficient (Wildman–Crippen LogP) is -3.86. The van der Waals surface area contributed by atoms with Crippen LogP contribution >= 0.6 is 0 Å². The van der Waals surface area contributed by atoms with E-state index < -0.39 is 37.2 Å². The number of carbonyl (C=O) groups excluding carboxylic acids is 6. The smallest absolute Gasteiger partial charge is 0.550 e. The van der Waals surface area contributed by atoms with E-state index in [1.807, 2.05) is 0 Å². The fourth-order valence-corrected chi connectivity index (χ4v) is 0.610. The van der Waals surface area contributed by atoms with E-state index in [-0.39, 0.29) is 50.1 Å². The molecule has 0 heterocycles. The van der Waals surface area contributed by atoms with E-state index >= 15 is 0 Å². The normalized spacial score (nSPS) is 7.77. The van der Waals surface area contributed by atoms with E-state index in [4.69, 9.17) is 0 Å². The van der Waals surface area contributed by atoms with Gasteiger partial charge in [0.2, 0.25) is 0 Å². The Kier molecular flexibility index (Phi) is 22.9. The molecule has 0 radical (unpaired) electrons. The number of rotatable bonds is 6. The summed E-state index contributed by atoms with van der Waals surface area (Å²) >= 11 is 0. The van der Waals surface area contributed by atoms with Gasteiger partial charge in [-0.05, 0) is 20.8 Å². The summed E-state index contributed by atoms with van der Waals surface area (Å²) in [6.07, 6.45) is -1.42. The van der Waals surface area contributed by atoms with Gasteiger partial charge in [-0.25, -0.2) is 0 Å². The molecular weight excluding hydrogens is 377 g/mol. The molecule has 0 bridgehead atoms. The van der Waals surface area contributed by atoms with Crippen molar-refractivity contribution in [3.63, 3.8) is 0 Å². The van der Waals surface area contributed by atoms with E-state index in [0.29, 0.717) is 0 Å². The van der Waals surface area contributed by atoms with Gasteiger partial charge in [-0.2, -0.15) is 0 Å². The second-order valence-corrected chi connectivity index (χ2v) is 3.75. The minimum Gasteiger partial charge on any atom is -0.550 e. The van der Waals surface area contributed by atoms with Crippen LogP contribution in [0.4, 0.5) is 0 Å². The average Bonchev–Trinajstić information content (AvgIpc) is 2.10. The minimum atomic E-state index is -1.31. The number of carboxylic acid groups (broad SMARTS) is 3. The van der Waals surface area contributed by atoms with Gasteiger partial charge >= 0.3 is 32.7 Å². The van der Waals surface area contributed by atoms with Crippen LogP contribution in [-0.4, -0.2) is 35.3 Å². The van der Waals surface area contributed by atoms with E-state index in [1.165, 1.54) is 20.8 Å². The zero-order chi connectivity index (χ0) is 17.6. The maximum Gasteiger partial charge on any atom is 3.00 e. The van der Waals surface area contributed by atoms with Crippen molar-refractivity contribution in [2.45, 2.75) is 40.0 Å². The van der Waals surface area contributed by atoms with Crippen LogP contribution in [0.3, 0.4) is 0 Å². The van der Waals surface area contributed by atoms with Crippen LogP contribution in [-0.2, 0) is 61.5 Å². The standard InChI is InChI=1S/3C4H6O3.Y/c3*1-3(5)2-4(6)7;/h3*2H2,1H3,(H,6,7);/q;;;+3/p-3. The van der Waals surface area contributed by atoms with Gasteiger partial charge in [0.15, 0.2) is 0 Å². The molecule has 0 N–H and O–H groups in total. The van der Waals surface area contributed by atoms with Gasteiger partial charge in [-0.1, -0.05) is 0 Å². The molecule has 0 aromatic rings. The Hall–Kier alpha value is -1.48. The van der Waals surface area contributed by atoms with Gasteiger partial charge in [0.05, 0.1) is 0 Å². The Labute approximate surface area is 152 Å². The number of Topliss-reactive ketones (excluding diaryl/α,β-unsaturated/α-hetero) is 3. The van der Waals surface area contributed by atoms with E-state index in [1.54, 1.807) is 0 Å². The van der Waals surface area contributed by atoms with Crippen LogP contribution in [0.5, 0.6) is 0 Å². The molecule has 0 saturated carbocycles. The van der Waals surface area contributed by atoms with Gasteiger partial charge in [0, 0.05) is 37.2 Å². The fraction of sp³-hybridized carbons (Fsp3) is 0.500. The molecule has 0 aliphatic heterocycles. The quantitative estimate of drug-likeness (QED) is 0.410. The largest absolute Gasteiger partial charge is 3.00 e. The van der Waals surface area contributed by atoms with Crippen molar-refractivity contribution >= 4 is 35.3 Å². The molecule has 22 heavy (non-hydrogen) atoms. The van der Waals surface area contributed by atoms with E-state index in [0.717, 1.165) is 0 Å². The molecule has 0 aromatic carbocycles. The second kappa shape index (κ2) is 17.6. The SMILES string of the molecule is CC(=O)CC(=O)[O-].CC(=O)CC(=O)[O-].CC(=O)CC(=O)[O-].[Y+3]. The molecule has 9 nitrogen and oxygen atoms in total. The predicted molar refractivity (Wildman–Crippen MR) is 60.9 cm³/mol. The summed E-state index contributed by atoms with van der Waals surface area (Å²) in [4.78, 5) is 57.9. The Morgan fingerprint density at radius 3 is 0.682 bits per heavy atom. The molecule has 0 aliphatic carbocycles. The number of carbonyl (C=O) groups is 6. The maximum absolute atomic E-state index is 9.83. The average molecular weight is 392 g/mol. The molecule has 0 unspecified atom stereocenters. The summed E-state index contributed by atoms with van der Waals surface area (Å²) in [7, 11) is 0. The molecule has 10 heteroatoms. The Morgan fingerprint density at radius 2 is 0.682 bits per heavy atom. The molecule has 120 valence electrons. The van der Waals surface area contributed by atoms with Crippen LogP contribution < -0.4 is 15.3 Å². The molecule has 0 aromatic heterocycles. The van der Waals surface area contributed by atoms with Crippen LogP contribution in [0.15, 0.2) is 0 Å². The van der Waals surface area contributed by atoms with E-state index in [9.17, 15) is 44.1 Å². The fourth-order valence-electron chi connectivity index (χ4n) is 0.610. The third-order valence-corrected chi connectivity index (χ3v) is 1.18. The summed E-state index contributed by atoms with van der Waals surface area (Å²) in [5, 5.41) is 28.4. The van der Waals surface area contributed by atoms with Gasteiger partial charge in [0.25, 0.3) is 0 Å². The minimum absolute atomic E-state index is 0. The van der Waals surface area contributed by atoms with Gasteiger partial charge < -0.3 is 29.7 Å². The Balaban J connectivity index is -0.000000108. The number of carboxylic acids is 3. The monoisotopic (exact) mass is 392 g/mol. The summed E-state index contributed by atoms with van der Waals surface area (Å²) in [5.74, 6) is -5.06. The Morgan fingerprint density at radius 1 is 0.545 bits per heavy atom. The molecule has 0 atom stereocenters. The van der Waals surface area contributed by atoms with Crippen molar-refractivity contribution in [2.24, 2.45) is 0 Å². The molecular formula is C12H15O9Y. The third-order valence-electron chi connectivity index (χ3n) is 1.18. The Bertz CT molecular complexity index is 317. The summed E-state index contributed by atoms with van der Waals surface area (Å²) in [5.41, 5.74) is 0. The topological polar surface area (TPSA) is 172 Å². The second-order valence-electron chi connectivity index (χ2n) is 3.75. The summed E-state index contributed by atoms with van der Waals surface area (Å²) in [6, 6.07) is 0. The van der Waals surface area contributed by atoms with Gasteiger partial charge in [0.1, 0.15) is 17.3 Å². The first-order chi connectivity index (χ1) is 9.38. The molecule has 0 saturated heterocycles. The van der Waals surface area contributed by atoms with Crippen molar-refractivity contribution in [3.05, 3.63) is 0 Å². The van der Waals surface area contributed by atoms with Crippen molar-refractivity contribution in [2.75, 3.05) is 0 Å². The maximum atomic E-state index is 9.83. The van der Waals surface area contributed by atoms with Crippen LogP contribution in [0.25, 0.3) is 0 Å². The number of hydrogen-bond acceptors (Lipinski definition) is 9. The summed E-state index contributed by atoms with van der Waals surface area (Å²) < 4.78 is 0. The van der Waals surface area contributed by atoms with Crippen molar-refractivity contribution in [1.29, 1.82) is 0 Å². The van der Waals surface area contributed by atoms with Crippen LogP contribution in [0, 0.1) is 0 Å². The zero-order valence-electron chi connectivity index (χ0n) is 12.4. The molecule has 0 rings (SSSR count). The van der Waals surface area contributed by atoms with Gasteiger partial charge in [-0.15, -0.1) is 0 Å². The summed E-state index contributed by atoms with van der Waals surface area (Å²) in [6.45, 7) is 3.61. The number of aliphatic carboxylic acids is 3. The van der Waals surface area contributed by atoms with Crippen molar-refractivity contribution < 1.29 is 76.8 Å². The molecule has 0 fully saturated rings. The first kappa shape index (κ1) is 28.7.